The van der Waals surface area contributed by atoms with Gasteiger partial charge >= 0.3 is 0 Å². The molecular weight excluding hydrogens is 378 g/mol. The summed E-state index contributed by atoms with van der Waals surface area (Å²) in [7, 11) is 3.46. The third-order valence-electron chi connectivity index (χ3n) is 5.87. The molecule has 1 aliphatic rings. The van der Waals surface area contributed by atoms with Gasteiger partial charge in [-0.15, -0.1) is 0 Å². The summed E-state index contributed by atoms with van der Waals surface area (Å²) in [5, 5.41) is 3.19. The van der Waals surface area contributed by atoms with E-state index in [1.165, 1.54) is 0 Å². The number of pyridine rings is 1. The first-order valence-corrected chi connectivity index (χ1v) is 10.6. The molecule has 0 aliphatic heterocycles. The molecule has 1 aromatic carbocycles. The molecule has 0 radical (unpaired) electrons. The van der Waals surface area contributed by atoms with Crippen molar-refractivity contribution < 1.29 is 14.3 Å². The molecule has 6 nitrogen and oxygen atoms in total. The van der Waals surface area contributed by atoms with Crippen LogP contribution in [0.25, 0.3) is 11.1 Å². The van der Waals surface area contributed by atoms with Crippen molar-refractivity contribution in [2.75, 3.05) is 27.3 Å². The second-order valence-corrected chi connectivity index (χ2v) is 7.96. The number of hydrogen-bond acceptors (Lipinski definition) is 4. The summed E-state index contributed by atoms with van der Waals surface area (Å²) in [5.41, 5.74) is 3.24. The maximum atomic E-state index is 13.1. The van der Waals surface area contributed by atoms with Crippen molar-refractivity contribution in [3.05, 3.63) is 53.9 Å². The van der Waals surface area contributed by atoms with Gasteiger partial charge in [0.15, 0.2) is 0 Å². The molecule has 1 aromatic heterocycles. The number of benzene rings is 1. The van der Waals surface area contributed by atoms with E-state index in [2.05, 4.69) is 10.3 Å². The highest BCUT2D eigenvalue weighted by Gasteiger charge is 2.29. The second kappa shape index (κ2) is 10.3. The number of hydrogen-bond donors (Lipinski definition) is 1. The van der Waals surface area contributed by atoms with Crippen LogP contribution in [0.15, 0.2) is 42.6 Å². The molecule has 1 N–H and O–H groups in total. The van der Waals surface area contributed by atoms with E-state index in [-0.39, 0.29) is 23.8 Å². The van der Waals surface area contributed by atoms with Crippen LogP contribution in [-0.4, -0.2) is 55.0 Å². The molecule has 1 heterocycles. The summed E-state index contributed by atoms with van der Waals surface area (Å²) in [6, 6.07) is 11.9. The Kier molecular flexibility index (Phi) is 7.57. The molecule has 1 fully saturated rings. The number of carbonyl (C=O) groups excluding carboxylic acids is 2. The number of aryl methyl sites for hydroxylation is 1. The van der Waals surface area contributed by atoms with Gasteiger partial charge in [-0.05, 0) is 49.8 Å². The average molecular weight is 410 g/mol. The van der Waals surface area contributed by atoms with Gasteiger partial charge in [0, 0.05) is 38.9 Å². The second-order valence-electron chi connectivity index (χ2n) is 7.96. The number of methoxy groups -OCH3 is 1. The Bertz CT molecular complexity index is 861. The molecule has 0 atom stereocenters. The normalized spacial score (nSPS) is 18.6. The number of ether oxygens (including phenoxy) is 1. The highest BCUT2D eigenvalue weighted by Crippen LogP contribution is 2.28. The summed E-state index contributed by atoms with van der Waals surface area (Å²) in [6.45, 7) is 3.02. The molecule has 0 bridgehead atoms. The highest BCUT2D eigenvalue weighted by atomic mass is 16.5. The van der Waals surface area contributed by atoms with E-state index in [1.54, 1.807) is 18.2 Å². The summed E-state index contributed by atoms with van der Waals surface area (Å²) >= 11 is 0. The predicted molar refractivity (Wildman–Crippen MR) is 117 cm³/mol. The molecule has 2 amide bonds. The van der Waals surface area contributed by atoms with Gasteiger partial charge in [-0.3, -0.25) is 14.6 Å². The lowest BCUT2D eigenvalue weighted by Gasteiger charge is -2.31. The first-order valence-electron chi connectivity index (χ1n) is 10.6. The first kappa shape index (κ1) is 22.0. The smallest absolute Gasteiger partial charge is 0.253 e. The Labute approximate surface area is 178 Å². The average Bonchev–Trinajstić information content (AvgIpc) is 2.77. The Balaban J connectivity index is 1.63. The van der Waals surface area contributed by atoms with Crippen molar-refractivity contribution in [2.45, 2.75) is 38.6 Å². The van der Waals surface area contributed by atoms with Crippen molar-refractivity contribution in [1.29, 1.82) is 0 Å². The Morgan fingerprint density at radius 2 is 1.83 bits per heavy atom. The van der Waals surface area contributed by atoms with Gasteiger partial charge in [-0.1, -0.05) is 30.3 Å². The number of nitrogens with one attached hydrogen (secondary N) is 1. The minimum Gasteiger partial charge on any atom is -0.383 e. The number of aromatic nitrogens is 1. The molecule has 3 rings (SSSR count). The summed E-state index contributed by atoms with van der Waals surface area (Å²) in [5.74, 6) is 0.109. The lowest BCUT2D eigenvalue weighted by Crippen LogP contribution is -2.42. The van der Waals surface area contributed by atoms with E-state index in [1.807, 2.05) is 50.4 Å². The number of rotatable bonds is 7. The highest BCUT2D eigenvalue weighted by molar-refractivity contribution is 6.02. The monoisotopic (exact) mass is 409 g/mol. The van der Waals surface area contributed by atoms with Gasteiger partial charge in [0.2, 0.25) is 5.91 Å². The Hall–Kier alpha value is -2.73. The van der Waals surface area contributed by atoms with Crippen LogP contribution in [0.3, 0.4) is 0 Å². The van der Waals surface area contributed by atoms with Crippen LogP contribution in [0.1, 0.15) is 41.7 Å². The van der Waals surface area contributed by atoms with Gasteiger partial charge in [0.25, 0.3) is 5.91 Å². The Morgan fingerprint density at radius 1 is 1.13 bits per heavy atom. The SMILES string of the molecule is COCCN(C)C(=O)C1CCC(NC(=O)c2c(-c3ccccc3)ccnc2C)CC1. The van der Waals surface area contributed by atoms with Gasteiger partial charge in [-0.25, -0.2) is 0 Å². The van der Waals surface area contributed by atoms with Crippen LogP contribution in [0, 0.1) is 12.8 Å². The third-order valence-corrected chi connectivity index (χ3v) is 5.87. The Morgan fingerprint density at radius 3 is 2.50 bits per heavy atom. The number of carbonyl (C=O) groups is 2. The third kappa shape index (κ3) is 5.25. The predicted octanol–water partition coefficient (Wildman–Crippen LogP) is 3.45. The van der Waals surface area contributed by atoms with E-state index in [0.717, 1.165) is 42.5 Å². The molecular formula is C24H31N3O3. The number of likely N-dealkylation sites (N-methyl/N-ethyl adjacent to an activating group) is 1. The number of nitrogens with zero attached hydrogens (tertiary/aromatic N) is 2. The standard InChI is InChI=1S/C24H31N3O3/c1-17-22(21(13-14-25-17)18-7-5-4-6-8-18)23(28)26-20-11-9-19(10-12-20)24(29)27(2)15-16-30-3/h4-8,13-14,19-20H,9-12,15-16H2,1-3H3,(H,26,28). The molecule has 6 heteroatoms. The van der Waals surface area contributed by atoms with Crippen molar-refractivity contribution in [1.82, 2.24) is 15.2 Å². The van der Waals surface area contributed by atoms with E-state index >= 15 is 0 Å². The number of amides is 2. The zero-order chi connectivity index (χ0) is 21.5. The maximum absolute atomic E-state index is 13.1. The molecule has 160 valence electrons. The van der Waals surface area contributed by atoms with Gasteiger partial charge in [0.05, 0.1) is 17.9 Å². The zero-order valence-corrected chi connectivity index (χ0v) is 18.1. The molecule has 1 aliphatic carbocycles. The minimum atomic E-state index is -0.0913. The van der Waals surface area contributed by atoms with Crippen LogP contribution < -0.4 is 5.32 Å². The summed E-state index contributed by atoms with van der Waals surface area (Å²) in [6.07, 6.45) is 4.93. The lowest BCUT2D eigenvalue weighted by atomic mass is 9.85. The minimum absolute atomic E-state index is 0.0278. The van der Waals surface area contributed by atoms with Gasteiger partial charge in [0.1, 0.15) is 0 Å². The van der Waals surface area contributed by atoms with Crippen molar-refractivity contribution in [3.63, 3.8) is 0 Å². The zero-order valence-electron chi connectivity index (χ0n) is 18.1. The van der Waals surface area contributed by atoms with E-state index in [9.17, 15) is 9.59 Å². The molecule has 1 saturated carbocycles. The molecule has 30 heavy (non-hydrogen) atoms. The van der Waals surface area contributed by atoms with Crippen LogP contribution in [0.2, 0.25) is 0 Å². The van der Waals surface area contributed by atoms with Crippen molar-refractivity contribution in [3.8, 4) is 11.1 Å². The fourth-order valence-electron chi connectivity index (χ4n) is 4.10. The van der Waals surface area contributed by atoms with Gasteiger partial charge < -0.3 is 15.0 Å². The maximum Gasteiger partial charge on any atom is 0.253 e. The van der Waals surface area contributed by atoms with E-state index < -0.39 is 0 Å². The fraction of sp³-hybridized carbons (Fsp3) is 0.458. The van der Waals surface area contributed by atoms with Crippen LogP contribution in [0.4, 0.5) is 0 Å². The van der Waals surface area contributed by atoms with Crippen LogP contribution in [-0.2, 0) is 9.53 Å². The van der Waals surface area contributed by atoms with Crippen LogP contribution in [0.5, 0.6) is 0 Å². The molecule has 2 aromatic rings. The summed E-state index contributed by atoms with van der Waals surface area (Å²) < 4.78 is 5.06. The summed E-state index contributed by atoms with van der Waals surface area (Å²) in [4.78, 5) is 31.8. The first-order chi connectivity index (χ1) is 14.5. The van der Waals surface area contributed by atoms with Gasteiger partial charge in [-0.2, -0.15) is 0 Å². The quantitative estimate of drug-likeness (QED) is 0.760. The molecule has 0 spiro atoms. The lowest BCUT2D eigenvalue weighted by molar-refractivity contribution is -0.135. The van der Waals surface area contributed by atoms with E-state index in [4.69, 9.17) is 4.74 Å². The van der Waals surface area contributed by atoms with E-state index in [0.29, 0.717) is 18.7 Å². The largest absolute Gasteiger partial charge is 0.383 e. The molecule has 0 saturated heterocycles. The van der Waals surface area contributed by atoms with Crippen molar-refractivity contribution >= 4 is 11.8 Å². The fourth-order valence-corrected chi connectivity index (χ4v) is 4.10. The van der Waals surface area contributed by atoms with Crippen LogP contribution >= 0.6 is 0 Å². The topological polar surface area (TPSA) is 71.5 Å². The van der Waals surface area contributed by atoms with Crippen molar-refractivity contribution in [2.24, 2.45) is 5.92 Å². The molecule has 0 unspecified atom stereocenters.